The lowest BCUT2D eigenvalue weighted by molar-refractivity contribution is -0.122. The first-order valence-corrected chi connectivity index (χ1v) is 13.8. The van der Waals surface area contributed by atoms with Crippen LogP contribution in [0.5, 0.6) is 0 Å². The number of anilines is 2. The van der Waals surface area contributed by atoms with E-state index in [0.717, 1.165) is 0 Å². The molecule has 3 aromatic rings. The van der Waals surface area contributed by atoms with E-state index in [9.17, 15) is 19.2 Å². The average molecular weight is 564 g/mol. The van der Waals surface area contributed by atoms with Crippen molar-refractivity contribution in [3.8, 4) is 6.07 Å². The highest BCUT2D eigenvalue weighted by Crippen LogP contribution is 2.37. The summed E-state index contributed by atoms with van der Waals surface area (Å²) >= 11 is 6.68. The van der Waals surface area contributed by atoms with Gasteiger partial charge in [-0.05, 0) is 49.8 Å². The van der Waals surface area contributed by atoms with Crippen LogP contribution in [0.4, 0.5) is 15.9 Å². The molecule has 39 heavy (non-hydrogen) atoms. The van der Waals surface area contributed by atoms with Gasteiger partial charge in [0.15, 0.2) is 0 Å². The van der Waals surface area contributed by atoms with Crippen LogP contribution in [0.3, 0.4) is 0 Å². The Bertz CT molecular complexity index is 1570. The normalized spacial score (nSPS) is 16.9. The Balaban J connectivity index is 1.53. The van der Waals surface area contributed by atoms with Crippen LogP contribution in [-0.4, -0.2) is 45.9 Å². The van der Waals surface area contributed by atoms with E-state index in [2.05, 4.69) is 11.0 Å². The number of para-hydroxylation sites is 1. The van der Waals surface area contributed by atoms with Crippen molar-refractivity contribution in [3.05, 3.63) is 86.2 Å². The van der Waals surface area contributed by atoms with Crippen molar-refractivity contribution in [1.29, 1.82) is 5.26 Å². The van der Waals surface area contributed by atoms with Crippen molar-refractivity contribution in [2.75, 3.05) is 36.0 Å². The molecule has 0 bridgehead atoms. The summed E-state index contributed by atoms with van der Waals surface area (Å²) in [6.07, 6.45) is 3.28. The first-order chi connectivity index (χ1) is 18.8. The molecule has 0 N–H and O–H groups in total. The number of carbonyl (C=O) groups is 1. The van der Waals surface area contributed by atoms with E-state index in [1.54, 1.807) is 48.1 Å². The van der Waals surface area contributed by atoms with Gasteiger partial charge in [-0.15, -0.1) is 0 Å². The van der Waals surface area contributed by atoms with Crippen LogP contribution >= 0.6 is 24.0 Å². The molecule has 11 heteroatoms. The smallest absolute Gasteiger partial charge is 0.270 e. The number of hydrogen-bond donors (Lipinski definition) is 0. The van der Waals surface area contributed by atoms with Crippen LogP contribution in [0, 0.1) is 24.1 Å². The Morgan fingerprint density at radius 3 is 2.49 bits per heavy atom. The number of carbonyl (C=O) groups excluding carboxylic acids is 1. The molecule has 0 spiro atoms. The maximum Gasteiger partial charge on any atom is 0.270 e. The number of amides is 1. The van der Waals surface area contributed by atoms with Gasteiger partial charge in [0.25, 0.3) is 11.5 Å². The fourth-order valence-corrected chi connectivity index (χ4v) is 6.21. The first kappa shape index (κ1) is 26.7. The topological polar surface area (TPSA) is 85.7 Å². The maximum atomic E-state index is 14.4. The highest BCUT2D eigenvalue weighted by Gasteiger charge is 2.34. The van der Waals surface area contributed by atoms with Crippen LogP contribution in [-0.2, 0) is 17.9 Å². The number of aromatic nitrogens is 1. The summed E-state index contributed by atoms with van der Waals surface area (Å²) in [5.74, 6) is 0.721. The first-order valence-electron chi connectivity index (χ1n) is 12.5. The minimum atomic E-state index is -0.369. The van der Waals surface area contributed by atoms with Crippen molar-refractivity contribution in [2.45, 2.75) is 26.9 Å². The quantitative estimate of drug-likeness (QED) is 0.320. The fraction of sp³-hybridized carbons (Fsp3) is 0.286. The largest absolute Gasteiger partial charge is 0.467 e. The zero-order chi connectivity index (χ0) is 27.7. The van der Waals surface area contributed by atoms with Gasteiger partial charge < -0.3 is 14.2 Å². The zero-order valence-electron chi connectivity index (χ0n) is 21.5. The fourth-order valence-electron chi connectivity index (χ4n) is 4.97. The van der Waals surface area contributed by atoms with Crippen molar-refractivity contribution in [2.24, 2.45) is 0 Å². The molecule has 0 radical (unpaired) electrons. The third-order valence-electron chi connectivity index (χ3n) is 6.98. The molecule has 0 atom stereocenters. The molecule has 200 valence electrons. The molecule has 2 saturated heterocycles. The van der Waals surface area contributed by atoms with Crippen molar-refractivity contribution < 1.29 is 13.6 Å². The van der Waals surface area contributed by atoms with E-state index >= 15 is 0 Å². The SMILES string of the molecule is CCn1c(N2CCN(c3ccccc3F)CC2)c(/C=C2/SC(=S)N(Cc3ccco3)C2=O)c(C)c(C#N)c1=O. The minimum absolute atomic E-state index is 0.0444. The molecule has 0 unspecified atom stereocenters. The van der Waals surface area contributed by atoms with Gasteiger partial charge in [0.05, 0.1) is 23.4 Å². The van der Waals surface area contributed by atoms with Gasteiger partial charge in [0, 0.05) is 38.3 Å². The number of hydrogen-bond acceptors (Lipinski definition) is 8. The number of benzene rings is 1. The van der Waals surface area contributed by atoms with Crippen LogP contribution in [0.15, 0.2) is 56.8 Å². The lowest BCUT2D eigenvalue weighted by Crippen LogP contribution is -2.49. The number of piperazine rings is 1. The Hall–Kier alpha value is -3.88. The molecule has 1 amide bonds. The van der Waals surface area contributed by atoms with E-state index in [4.69, 9.17) is 16.6 Å². The van der Waals surface area contributed by atoms with E-state index in [0.29, 0.717) is 70.3 Å². The Labute approximate surface area is 234 Å². The predicted molar refractivity (Wildman–Crippen MR) is 154 cm³/mol. The third kappa shape index (κ3) is 4.97. The monoisotopic (exact) mass is 563 g/mol. The lowest BCUT2D eigenvalue weighted by atomic mass is 10.0. The van der Waals surface area contributed by atoms with Crippen LogP contribution in [0.25, 0.3) is 6.08 Å². The van der Waals surface area contributed by atoms with E-state index in [-0.39, 0.29) is 29.4 Å². The van der Waals surface area contributed by atoms with Gasteiger partial charge in [-0.25, -0.2) is 4.39 Å². The third-order valence-corrected chi connectivity index (χ3v) is 8.36. The summed E-state index contributed by atoms with van der Waals surface area (Å²) in [6, 6.07) is 12.3. The Morgan fingerprint density at radius 2 is 1.85 bits per heavy atom. The summed E-state index contributed by atoms with van der Waals surface area (Å²) in [5, 5.41) is 9.82. The highest BCUT2D eigenvalue weighted by molar-refractivity contribution is 8.26. The van der Waals surface area contributed by atoms with Crippen molar-refractivity contribution in [3.63, 3.8) is 0 Å². The number of halogens is 1. The molecule has 2 fully saturated rings. The number of thiocarbonyl (C=S) groups is 1. The average Bonchev–Trinajstić information content (AvgIpc) is 3.55. The second kappa shape index (κ2) is 11.1. The van der Waals surface area contributed by atoms with Gasteiger partial charge in [-0.1, -0.05) is 36.1 Å². The second-order valence-corrected chi connectivity index (χ2v) is 10.8. The molecule has 4 heterocycles. The summed E-state index contributed by atoms with van der Waals surface area (Å²) in [5.41, 5.74) is 1.36. The molecule has 8 nitrogen and oxygen atoms in total. The number of thioether (sulfide) groups is 1. The Morgan fingerprint density at radius 1 is 1.13 bits per heavy atom. The van der Waals surface area contributed by atoms with Crippen LogP contribution in [0.2, 0.25) is 0 Å². The van der Waals surface area contributed by atoms with Gasteiger partial charge in [0.2, 0.25) is 0 Å². The van der Waals surface area contributed by atoms with Gasteiger partial charge in [0.1, 0.15) is 33.3 Å². The molecular weight excluding hydrogens is 537 g/mol. The van der Waals surface area contributed by atoms with Crippen LogP contribution in [0.1, 0.15) is 29.4 Å². The molecule has 1 aromatic carbocycles. The van der Waals surface area contributed by atoms with Gasteiger partial charge >= 0.3 is 0 Å². The van der Waals surface area contributed by atoms with Gasteiger partial charge in [-0.2, -0.15) is 5.26 Å². The summed E-state index contributed by atoms with van der Waals surface area (Å²) < 4.78 is 21.8. The Kier molecular flexibility index (Phi) is 7.59. The van der Waals surface area contributed by atoms with E-state index in [1.807, 2.05) is 17.9 Å². The molecule has 2 aliphatic heterocycles. The summed E-state index contributed by atoms with van der Waals surface area (Å²) in [7, 11) is 0. The predicted octanol–water partition coefficient (Wildman–Crippen LogP) is 4.51. The molecule has 2 aliphatic rings. The van der Waals surface area contributed by atoms with Gasteiger partial charge in [-0.3, -0.25) is 19.1 Å². The lowest BCUT2D eigenvalue weighted by Gasteiger charge is -2.39. The van der Waals surface area contributed by atoms with Crippen LogP contribution < -0.4 is 15.4 Å². The molecule has 0 aliphatic carbocycles. The zero-order valence-corrected chi connectivity index (χ0v) is 23.1. The molecule has 0 saturated carbocycles. The van der Waals surface area contributed by atoms with E-state index < -0.39 is 0 Å². The number of pyridine rings is 1. The molecular formula is C28H26FN5O3S2. The molecule has 2 aromatic heterocycles. The number of furan rings is 1. The molecule has 5 rings (SSSR count). The summed E-state index contributed by atoms with van der Waals surface area (Å²) in [4.78, 5) is 32.6. The number of rotatable bonds is 6. The highest BCUT2D eigenvalue weighted by atomic mass is 32.2. The minimum Gasteiger partial charge on any atom is -0.467 e. The maximum absolute atomic E-state index is 14.4. The van der Waals surface area contributed by atoms with Crippen molar-refractivity contribution in [1.82, 2.24) is 9.47 Å². The standard InChI is InChI=1S/C28H26FN5O3S2/c1-3-33-25(32-12-10-31(11-13-32)23-9-5-4-8-22(23)29)20(18(2)21(16-30)26(33)35)15-24-27(36)34(28(38)39-24)17-19-7-6-14-37-19/h4-9,14-15H,3,10-13,17H2,1-2H3/b24-15+. The van der Waals surface area contributed by atoms with Crippen molar-refractivity contribution >= 4 is 51.8 Å². The number of nitriles is 1. The number of nitrogens with zero attached hydrogens (tertiary/aromatic N) is 5. The van der Waals surface area contributed by atoms with E-state index in [1.165, 1.54) is 22.7 Å². The summed E-state index contributed by atoms with van der Waals surface area (Å²) in [6.45, 7) is 6.29. The second-order valence-electron chi connectivity index (χ2n) is 9.17.